The van der Waals surface area contributed by atoms with Crippen molar-refractivity contribution in [2.75, 3.05) is 25.5 Å². The Morgan fingerprint density at radius 3 is 2.85 bits per heavy atom. The molecule has 1 amide bonds. The van der Waals surface area contributed by atoms with Crippen LogP contribution in [-0.2, 0) is 19.6 Å². The first kappa shape index (κ1) is 15.3. The van der Waals surface area contributed by atoms with E-state index in [2.05, 4.69) is 25.6 Å². The fourth-order valence-corrected chi connectivity index (χ4v) is 4.02. The second-order valence-corrected chi connectivity index (χ2v) is 7.08. The van der Waals surface area contributed by atoms with E-state index in [1.54, 1.807) is 0 Å². The zero-order chi connectivity index (χ0) is 14.8. The van der Waals surface area contributed by atoms with E-state index < -0.39 is 10.0 Å². The second kappa shape index (κ2) is 6.10. The highest BCUT2D eigenvalue weighted by molar-refractivity contribution is 7.91. The molecular weight excluding hydrogens is 306 g/mol. The number of anilines is 1. The van der Waals surface area contributed by atoms with Crippen molar-refractivity contribution in [2.45, 2.75) is 23.4 Å². The molecule has 1 aliphatic heterocycles. The second-order valence-electron chi connectivity index (χ2n) is 4.21. The number of amides is 1. The molecule has 0 saturated carbocycles. The van der Waals surface area contributed by atoms with Crippen LogP contribution < -0.4 is 15.4 Å². The van der Waals surface area contributed by atoms with E-state index >= 15 is 0 Å². The summed E-state index contributed by atoms with van der Waals surface area (Å²) in [6.07, 6.45) is -0.229. The van der Waals surface area contributed by atoms with E-state index in [-0.39, 0.29) is 27.5 Å². The van der Waals surface area contributed by atoms with Crippen molar-refractivity contribution in [1.29, 1.82) is 0 Å². The van der Waals surface area contributed by atoms with Gasteiger partial charge in [-0.1, -0.05) is 11.3 Å². The number of sulfonamides is 1. The van der Waals surface area contributed by atoms with Gasteiger partial charge < -0.3 is 15.4 Å². The zero-order valence-corrected chi connectivity index (χ0v) is 12.5. The summed E-state index contributed by atoms with van der Waals surface area (Å²) in [5.74, 6) is -0.336. The normalized spacial score (nSPS) is 22.9. The average Bonchev–Trinajstić information content (AvgIpc) is 2.97. The molecule has 0 spiro atoms. The summed E-state index contributed by atoms with van der Waals surface area (Å²) in [7, 11) is -2.25. The van der Waals surface area contributed by atoms with Crippen molar-refractivity contribution in [3.8, 4) is 0 Å². The number of carbonyl (C=O) groups is 1. The Hall–Kier alpha value is -1.14. The number of methoxy groups -OCH3 is 1. The first-order chi connectivity index (χ1) is 9.42. The van der Waals surface area contributed by atoms with Gasteiger partial charge >= 0.3 is 0 Å². The highest BCUT2D eigenvalue weighted by Crippen LogP contribution is 2.20. The third kappa shape index (κ3) is 3.49. The van der Waals surface area contributed by atoms with Crippen LogP contribution in [0.1, 0.15) is 6.92 Å². The lowest BCUT2D eigenvalue weighted by Gasteiger charge is -2.17. The lowest BCUT2D eigenvalue weighted by atomic mass is 10.2. The Morgan fingerprint density at radius 1 is 1.45 bits per heavy atom. The van der Waals surface area contributed by atoms with Gasteiger partial charge in [-0.3, -0.25) is 4.79 Å². The standard InChI is InChI=1S/C9H15N5O4S2/c1-5(15)11-8-12-13-9(19-8)20(16,17)14-6-3-10-4-7(6)18-2/h6-7,10,14H,3-4H2,1-2H3,(H,11,12,15)/t6?,7-/m0/s1. The van der Waals surface area contributed by atoms with Crippen LogP contribution in [0.4, 0.5) is 5.13 Å². The molecule has 0 radical (unpaired) electrons. The highest BCUT2D eigenvalue weighted by Gasteiger charge is 2.32. The van der Waals surface area contributed by atoms with Crippen LogP contribution >= 0.6 is 11.3 Å². The summed E-state index contributed by atoms with van der Waals surface area (Å²) in [4.78, 5) is 10.9. The van der Waals surface area contributed by atoms with Gasteiger partial charge in [0.25, 0.3) is 10.0 Å². The molecule has 2 rings (SSSR count). The first-order valence-electron chi connectivity index (χ1n) is 5.79. The molecule has 112 valence electrons. The maximum Gasteiger partial charge on any atom is 0.270 e. The molecule has 20 heavy (non-hydrogen) atoms. The fourth-order valence-electron chi connectivity index (χ4n) is 1.79. The smallest absolute Gasteiger partial charge is 0.270 e. The third-order valence-corrected chi connectivity index (χ3v) is 5.38. The van der Waals surface area contributed by atoms with Gasteiger partial charge in [0.2, 0.25) is 15.4 Å². The molecule has 1 aromatic heterocycles. The number of ether oxygens (including phenoxy) is 1. The Labute approximate surface area is 120 Å². The molecule has 1 aromatic rings. The van der Waals surface area contributed by atoms with Crippen molar-refractivity contribution in [3.05, 3.63) is 0 Å². The minimum absolute atomic E-state index is 0.144. The molecule has 2 heterocycles. The zero-order valence-electron chi connectivity index (χ0n) is 10.9. The fraction of sp³-hybridized carbons (Fsp3) is 0.667. The van der Waals surface area contributed by atoms with Gasteiger partial charge in [-0.15, -0.1) is 10.2 Å². The minimum Gasteiger partial charge on any atom is -0.378 e. The van der Waals surface area contributed by atoms with Crippen LogP contribution in [0.15, 0.2) is 4.34 Å². The number of nitrogens with zero attached hydrogens (tertiary/aromatic N) is 2. The topological polar surface area (TPSA) is 122 Å². The van der Waals surface area contributed by atoms with Crippen LogP contribution in [0, 0.1) is 0 Å². The molecule has 1 saturated heterocycles. The summed E-state index contributed by atoms with van der Waals surface area (Å²) >= 11 is 0.794. The number of aromatic nitrogens is 2. The molecule has 0 bridgehead atoms. The Balaban J connectivity index is 2.10. The molecule has 0 aliphatic carbocycles. The van der Waals surface area contributed by atoms with Crippen LogP contribution in [-0.4, -0.2) is 56.9 Å². The molecule has 1 aliphatic rings. The lowest BCUT2D eigenvalue weighted by molar-refractivity contribution is -0.114. The first-order valence-corrected chi connectivity index (χ1v) is 8.09. The summed E-state index contributed by atoms with van der Waals surface area (Å²) in [5, 5.41) is 12.8. The van der Waals surface area contributed by atoms with E-state index in [0.29, 0.717) is 13.1 Å². The highest BCUT2D eigenvalue weighted by atomic mass is 32.2. The van der Waals surface area contributed by atoms with Crippen LogP contribution in [0.2, 0.25) is 0 Å². The quantitative estimate of drug-likeness (QED) is 0.580. The maximum absolute atomic E-state index is 12.1. The van der Waals surface area contributed by atoms with Gasteiger partial charge in [-0.2, -0.15) is 0 Å². The van der Waals surface area contributed by atoms with Crippen molar-refractivity contribution >= 4 is 32.4 Å². The van der Waals surface area contributed by atoms with Crippen LogP contribution in [0.25, 0.3) is 0 Å². The predicted molar refractivity (Wildman–Crippen MR) is 72.0 cm³/mol. The SMILES string of the molecule is CO[C@H]1CNCC1NS(=O)(=O)c1nnc(NC(C)=O)s1. The molecule has 1 unspecified atom stereocenters. The van der Waals surface area contributed by atoms with Crippen molar-refractivity contribution in [2.24, 2.45) is 0 Å². The lowest BCUT2D eigenvalue weighted by Crippen LogP contribution is -2.43. The summed E-state index contributed by atoms with van der Waals surface area (Å²) in [6.45, 7) is 2.37. The monoisotopic (exact) mass is 321 g/mol. The predicted octanol–water partition coefficient (Wildman–Crippen LogP) is -1.24. The van der Waals surface area contributed by atoms with Crippen molar-refractivity contribution in [3.63, 3.8) is 0 Å². The molecule has 1 fully saturated rings. The summed E-state index contributed by atoms with van der Waals surface area (Å²) in [5.41, 5.74) is 0. The molecule has 0 aromatic carbocycles. The molecule has 3 N–H and O–H groups in total. The summed E-state index contributed by atoms with van der Waals surface area (Å²) in [6, 6.07) is -0.363. The van der Waals surface area contributed by atoms with Gasteiger partial charge in [0.1, 0.15) is 0 Å². The Morgan fingerprint density at radius 2 is 2.20 bits per heavy atom. The maximum atomic E-state index is 12.1. The van der Waals surface area contributed by atoms with E-state index in [0.717, 1.165) is 11.3 Å². The van der Waals surface area contributed by atoms with Crippen molar-refractivity contribution in [1.82, 2.24) is 20.2 Å². The average molecular weight is 321 g/mol. The van der Waals surface area contributed by atoms with Gasteiger partial charge in [-0.05, 0) is 0 Å². The van der Waals surface area contributed by atoms with E-state index in [9.17, 15) is 13.2 Å². The number of rotatable bonds is 5. The van der Waals surface area contributed by atoms with Crippen LogP contribution in [0.5, 0.6) is 0 Å². The third-order valence-electron chi connectivity index (χ3n) is 2.69. The van der Waals surface area contributed by atoms with Gasteiger partial charge in [0.05, 0.1) is 12.1 Å². The molecular formula is C9H15N5O4S2. The van der Waals surface area contributed by atoms with Crippen LogP contribution in [0.3, 0.4) is 0 Å². The van der Waals surface area contributed by atoms with E-state index in [4.69, 9.17) is 4.74 Å². The number of hydrogen-bond donors (Lipinski definition) is 3. The van der Waals surface area contributed by atoms with Crippen molar-refractivity contribution < 1.29 is 17.9 Å². The Bertz CT molecular complexity index is 587. The molecule has 9 nitrogen and oxygen atoms in total. The Kier molecular flexibility index (Phi) is 4.65. The number of nitrogens with one attached hydrogen (secondary N) is 3. The summed E-state index contributed by atoms with van der Waals surface area (Å²) < 4.78 is 31.8. The van der Waals surface area contributed by atoms with Gasteiger partial charge in [0.15, 0.2) is 0 Å². The van der Waals surface area contributed by atoms with Gasteiger partial charge in [-0.25, -0.2) is 13.1 Å². The van der Waals surface area contributed by atoms with Gasteiger partial charge in [0, 0.05) is 27.1 Å². The number of hydrogen-bond acceptors (Lipinski definition) is 8. The largest absolute Gasteiger partial charge is 0.378 e. The van der Waals surface area contributed by atoms with E-state index in [1.807, 2.05) is 0 Å². The minimum atomic E-state index is -3.78. The molecule has 11 heteroatoms. The van der Waals surface area contributed by atoms with E-state index in [1.165, 1.54) is 14.0 Å². The number of carbonyl (C=O) groups excluding carboxylic acids is 1. The molecule has 2 atom stereocenters.